The number of hydrogen-bond donors (Lipinski definition) is 0. The number of rotatable bonds is 4. The molecule has 0 aromatic rings. The maximum atomic E-state index is 5.08. The van der Waals surface area contributed by atoms with Crippen LogP contribution >= 0.6 is 0 Å². The van der Waals surface area contributed by atoms with E-state index in [-0.39, 0.29) is 6.79 Å². The van der Waals surface area contributed by atoms with E-state index in [0.717, 1.165) is 0 Å². The van der Waals surface area contributed by atoms with E-state index in [9.17, 15) is 0 Å². The van der Waals surface area contributed by atoms with Gasteiger partial charge in [0.1, 0.15) is 6.79 Å². The lowest BCUT2D eigenvalue weighted by atomic mass is 10.4. The van der Waals surface area contributed by atoms with Crippen LogP contribution in [0.25, 0.3) is 0 Å². The highest BCUT2D eigenvalue weighted by Crippen LogP contribution is 2.07. The molecule has 0 heterocycles. The Morgan fingerprint density at radius 1 is 1.22 bits per heavy atom. The van der Waals surface area contributed by atoms with Gasteiger partial charge in [-0.15, -0.1) is 0 Å². The number of hydrogen-bond acceptors (Lipinski definition) is 3. The van der Waals surface area contributed by atoms with Crippen LogP contribution in [0.4, 0.5) is 0 Å². The van der Waals surface area contributed by atoms with Gasteiger partial charge in [-0.2, -0.15) is 0 Å². The maximum absolute atomic E-state index is 5.08. The van der Waals surface area contributed by atoms with E-state index in [2.05, 4.69) is 4.74 Å². The molecule has 0 N–H and O–H groups in total. The van der Waals surface area contributed by atoms with Crippen molar-refractivity contribution < 1.29 is 14.2 Å². The van der Waals surface area contributed by atoms with Crippen LogP contribution in [0.2, 0.25) is 0 Å². The Balaban J connectivity index is 3.33. The predicted octanol–water partition coefficient (Wildman–Crippen LogP) is 0.989. The average molecular weight is 134 g/mol. The Morgan fingerprint density at radius 2 is 1.78 bits per heavy atom. The molecule has 0 saturated heterocycles. The van der Waals surface area contributed by atoms with Crippen LogP contribution < -0.4 is 0 Å². The van der Waals surface area contributed by atoms with Crippen LogP contribution in [-0.4, -0.2) is 26.8 Å². The van der Waals surface area contributed by atoms with Gasteiger partial charge in [0.15, 0.2) is 5.79 Å². The highest BCUT2D eigenvalue weighted by molar-refractivity contribution is 4.48. The van der Waals surface area contributed by atoms with E-state index < -0.39 is 5.79 Å². The van der Waals surface area contributed by atoms with Crippen molar-refractivity contribution in [2.24, 2.45) is 0 Å². The molecule has 56 valence electrons. The van der Waals surface area contributed by atoms with Gasteiger partial charge < -0.3 is 14.2 Å². The molecule has 0 aliphatic rings. The Bertz CT molecular complexity index is 70.7. The zero-order chi connectivity index (χ0) is 7.33. The van der Waals surface area contributed by atoms with Gasteiger partial charge in [0.25, 0.3) is 0 Å². The molecule has 0 bridgehead atoms. The third kappa shape index (κ3) is 4.39. The predicted molar refractivity (Wildman–Crippen MR) is 34.0 cm³/mol. The maximum Gasteiger partial charge on any atom is 0.165 e. The molecule has 0 spiro atoms. The summed E-state index contributed by atoms with van der Waals surface area (Å²) in [7, 11) is 3.17. The van der Waals surface area contributed by atoms with Crippen LogP contribution in [0.1, 0.15) is 13.8 Å². The fourth-order valence-corrected chi connectivity index (χ4v) is 0.260. The van der Waals surface area contributed by atoms with Crippen molar-refractivity contribution in [3.05, 3.63) is 0 Å². The van der Waals surface area contributed by atoms with Crippen molar-refractivity contribution in [1.82, 2.24) is 0 Å². The first-order chi connectivity index (χ1) is 4.12. The summed E-state index contributed by atoms with van der Waals surface area (Å²) in [6, 6.07) is 0. The SMILES string of the molecule is COCOC(C)(C)OC. The van der Waals surface area contributed by atoms with E-state index in [1.807, 2.05) is 13.8 Å². The lowest BCUT2D eigenvalue weighted by Crippen LogP contribution is -2.27. The molecule has 9 heavy (non-hydrogen) atoms. The van der Waals surface area contributed by atoms with Gasteiger partial charge in [-0.05, 0) is 13.8 Å². The highest BCUT2D eigenvalue weighted by Gasteiger charge is 2.15. The van der Waals surface area contributed by atoms with Crippen molar-refractivity contribution in [3.63, 3.8) is 0 Å². The fraction of sp³-hybridized carbons (Fsp3) is 1.00. The largest absolute Gasteiger partial charge is 0.359 e. The fourth-order valence-electron chi connectivity index (χ4n) is 0.260. The average Bonchev–Trinajstić information content (AvgIpc) is 1.84. The molecule has 0 aromatic heterocycles. The normalized spacial score (nSPS) is 12.0. The van der Waals surface area contributed by atoms with Crippen molar-refractivity contribution in [3.8, 4) is 0 Å². The van der Waals surface area contributed by atoms with Gasteiger partial charge in [-0.3, -0.25) is 0 Å². The minimum atomic E-state index is -0.532. The summed E-state index contributed by atoms with van der Waals surface area (Å²) < 4.78 is 14.7. The second-order valence-electron chi connectivity index (χ2n) is 2.15. The molecule has 0 aliphatic carbocycles. The summed E-state index contributed by atoms with van der Waals surface area (Å²) in [5.41, 5.74) is 0. The monoisotopic (exact) mass is 134 g/mol. The van der Waals surface area contributed by atoms with Crippen LogP contribution in [0, 0.1) is 0 Å². The molecule has 0 amide bonds. The van der Waals surface area contributed by atoms with Gasteiger partial charge in [0.2, 0.25) is 0 Å². The first-order valence-electron chi connectivity index (χ1n) is 2.80. The third-order valence-corrected chi connectivity index (χ3v) is 1.02. The van der Waals surface area contributed by atoms with Crippen molar-refractivity contribution >= 4 is 0 Å². The molecule has 0 atom stereocenters. The zero-order valence-electron chi connectivity index (χ0n) is 6.43. The summed E-state index contributed by atoms with van der Waals surface area (Å²) in [6.07, 6.45) is 0. The first kappa shape index (κ1) is 8.88. The first-order valence-corrected chi connectivity index (χ1v) is 2.80. The summed E-state index contributed by atoms with van der Waals surface area (Å²) in [6.45, 7) is 3.92. The Hall–Kier alpha value is -0.120. The molecule has 0 rings (SSSR count). The minimum absolute atomic E-state index is 0.265. The molecule has 0 aliphatic heterocycles. The van der Waals surface area contributed by atoms with Crippen molar-refractivity contribution in [1.29, 1.82) is 0 Å². The van der Waals surface area contributed by atoms with Gasteiger partial charge in [0, 0.05) is 14.2 Å². The minimum Gasteiger partial charge on any atom is -0.359 e. The quantitative estimate of drug-likeness (QED) is 0.536. The Morgan fingerprint density at radius 3 is 2.11 bits per heavy atom. The summed E-state index contributed by atoms with van der Waals surface area (Å²) in [5.74, 6) is -0.532. The standard InChI is InChI=1S/C6H14O3/c1-6(2,8-4)9-5-7-3/h5H2,1-4H3. The molecule has 0 fully saturated rings. The molecule has 0 aromatic carbocycles. The molecule has 0 saturated carbocycles. The zero-order valence-corrected chi connectivity index (χ0v) is 6.43. The van der Waals surface area contributed by atoms with Gasteiger partial charge >= 0.3 is 0 Å². The number of ether oxygens (including phenoxy) is 3. The van der Waals surface area contributed by atoms with E-state index >= 15 is 0 Å². The molecular formula is C6H14O3. The molecule has 0 unspecified atom stereocenters. The third-order valence-electron chi connectivity index (χ3n) is 1.02. The van der Waals surface area contributed by atoms with Crippen LogP contribution in [0.3, 0.4) is 0 Å². The molecular weight excluding hydrogens is 120 g/mol. The second kappa shape index (κ2) is 3.82. The summed E-state index contributed by atoms with van der Waals surface area (Å²) >= 11 is 0. The van der Waals surface area contributed by atoms with Gasteiger partial charge in [-0.1, -0.05) is 0 Å². The van der Waals surface area contributed by atoms with Crippen LogP contribution in [0.5, 0.6) is 0 Å². The Kier molecular flexibility index (Phi) is 3.77. The lowest BCUT2D eigenvalue weighted by molar-refractivity contribution is -0.236. The van der Waals surface area contributed by atoms with E-state index in [1.165, 1.54) is 0 Å². The van der Waals surface area contributed by atoms with Gasteiger partial charge in [0.05, 0.1) is 0 Å². The molecule has 3 nitrogen and oxygen atoms in total. The van der Waals surface area contributed by atoms with Crippen molar-refractivity contribution in [2.75, 3.05) is 21.0 Å². The smallest absolute Gasteiger partial charge is 0.165 e. The molecule has 3 heteroatoms. The topological polar surface area (TPSA) is 27.7 Å². The lowest BCUT2D eigenvalue weighted by Gasteiger charge is -2.22. The van der Waals surface area contributed by atoms with E-state index in [4.69, 9.17) is 9.47 Å². The molecule has 0 radical (unpaired) electrons. The second-order valence-corrected chi connectivity index (χ2v) is 2.15. The van der Waals surface area contributed by atoms with Crippen molar-refractivity contribution in [2.45, 2.75) is 19.6 Å². The number of methoxy groups -OCH3 is 2. The Labute approximate surface area is 55.9 Å². The van der Waals surface area contributed by atoms with Crippen LogP contribution in [0.15, 0.2) is 0 Å². The highest BCUT2D eigenvalue weighted by atomic mass is 16.8. The summed E-state index contributed by atoms with van der Waals surface area (Å²) in [4.78, 5) is 0. The van der Waals surface area contributed by atoms with Gasteiger partial charge in [-0.25, -0.2) is 0 Å². The van der Waals surface area contributed by atoms with E-state index in [1.54, 1.807) is 14.2 Å². The van der Waals surface area contributed by atoms with Crippen LogP contribution in [-0.2, 0) is 14.2 Å². The van der Waals surface area contributed by atoms with E-state index in [0.29, 0.717) is 0 Å². The summed E-state index contributed by atoms with van der Waals surface area (Å²) in [5, 5.41) is 0.